The van der Waals surface area contributed by atoms with Crippen molar-refractivity contribution in [3.63, 3.8) is 0 Å². The van der Waals surface area contributed by atoms with Crippen molar-refractivity contribution in [1.82, 2.24) is 0 Å². The number of hydrogen-bond donors (Lipinski definition) is 1. The third kappa shape index (κ3) is 2.94. The lowest BCUT2D eigenvalue weighted by Crippen LogP contribution is -2.25. The number of anilines is 1. The molecule has 0 aromatic heterocycles. The second-order valence-corrected chi connectivity index (χ2v) is 5.30. The molecular weight excluding hydrogens is 232 g/mol. The van der Waals surface area contributed by atoms with Crippen molar-refractivity contribution in [2.45, 2.75) is 19.9 Å². The van der Waals surface area contributed by atoms with Crippen LogP contribution in [0, 0.1) is 5.92 Å². The summed E-state index contributed by atoms with van der Waals surface area (Å²) in [6, 6.07) is 8.29. The van der Waals surface area contributed by atoms with Crippen LogP contribution >= 0.6 is 11.8 Å². The number of nitrogens with zero attached hydrogens (tertiary/aromatic N) is 1. The van der Waals surface area contributed by atoms with E-state index in [0.29, 0.717) is 12.0 Å². The van der Waals surface area contributed by atoms with E-state index in [1.807, 2.05) is 24.3 Å². The Hall–Kier alpha value is -1.16. The van der Waals surface area contributed by atoms with Crippen LogP contribution < -0.4 is 10.1 Å². The summed E-state index contributed by atoms with van der Waals surface area (Å²) in [4.78, 5) is 4.65. The van der Waals surface area contributed by atoms with Gasteiger partial charge in [0.25, 0.3) is 0 Å². The SMILES string of the molecule is COc1ccccc1NC1=NC(C)C(C)CS1. The van der Waals surface area contributed by atoms with Crippen molar-refractivity contribution in [2.75, 3.05) is 18.2 Å². The highest BCUT2D eigenvalue weighted by Crippen LogP contribution is 2.28. The van der Waals surface area contributed by atoms with E-state index in [2.05, 4.69) is 24.2 Å². The highest BCUT2D eigenvalue weighted by atomic mass is 32.2. The molecule has 0 fully saturated rings. The molecule has 92 valence electrons. The minimum atomic E-state index is 0.383. The highest BCUT2D eigenvalue weighted by Gasteiger charge is 2.19. The molecule has 4 heteroatoms. The standard InChI is InChI=1S/C13H18N2OS/c1-9-8-17-13(14-10(9)2)15-11-6-4-5-7-12(11)16-3/h4-7,9-10H,8H2,1-3H3,(H,14,15). The molecule has 1 aliphatic heterocycles. The van der Waals surface area contributed by atoms with Crippen LogP contribution in [0.1, 0.15) is 13.8 Å². The molecule has 0 saturated carbocycles. The number of rotatable bonds is 2. The van der Waals surface area contributed by atoms with Gasteiger partial charge in [0.2, 0.25) is 0 Å². The second kappa shape index (κ2) is 5.45. The van der Waals surface area contributed by atoms with Crippen LogP contribution in [0.3, 0.4) is 0 Å². The Balaban J connectivity index is 2.13. The lowest BCUT2D eigenvalue weighted by molar-refractivity contribution is 0.417. The summed E-state index contributed by atoms with van der Waals surface area (Å²) >= 11 is 1.77. The van der Waals surface area contributed by atoms with Crippen molar-refractivity contribution < 1.29 is 4.74 Å². The molecule has 1 aliphatic rings. The van der Waals surface area contributed by atoms with Gasteiger partial charge >= 0.3 is 0 Å². The third-order valence-corrected chi connectivity index (χ3v) is 4.15. The molecule has 1 aromatic rings. The van der Waals surface area contributed by atoms with E-state index in [0.717, 1.165) is 22.4 Å². The normalized spacial score (nSPS) is 24.1. The van der Waals surface area contributed by atoms with Crippen molar-refractivity contribution in [3.8, 4) is 5.75 Å². The van der Waals surface area contributed by atoms with E-state index in [4.69, 9.17) is 4.74 Å². The van der Waals surface area contributed by atoms with E-state index in [1.54, 1.807) is 18.9 Å². The third-order valence-electron chi connectivity index (χ3n) is 2.98. The summed E-state index contributed by atoms with van der Waals surface area (Å²) in [5, 5.41) is 4.33. The zero-order valence-electron chi connectivity index (χ0n) is 10.4. The Morgan fingerprint density at radius 2 is 2.12 bits per heavy atom. The highest BCUT2D eigenvalue weighted by molar-refractivity contribution is 8.14. The molecule has 1 heterocycles. The fraction of sp³-hybridized carbons (Fsp3) is 0.462. The van der Waals surface area contributed by atoms with Gasteiger partial charge in [-0.05, 0) is 25.0 Å². The maximum Gasteiger partial charge on any atom is 0.161 e. The summed E-state index contributed by atoms with van der Waals surface area (Å²) in [6.45, 7) is 4.40. The topological polar surface area (TPSA) is 33.6 Å². The number of thioether (sulfide) groups is 1. The summed E-state index contributed by atoms with van der Waals surface area (Å²) in [6.07, 6.45) is 0. The summed E-state index contributed by atoms with van der Waals surface area (Å²) in [5.41, 5.74) is 0.975. The predicted octanol–water partition coefficient (Wildman–Crippen LogP) is 3.23. The van der Waals surface area contributed by atoms with Gasteiger partial charge in [0.05, 0.1) is 18.8 Å². The van der Waals surface area contributed by atoms with Gasteiger partial charge in [0.15, 0.2) is 5.17 Å². The average molecular weight is 250 g/mol. The van der Waals surface area contributed by atoms with Gasteiger partial charge in [-0.3, -0.25) is 4.99 Å². The number of hydrogen-bond acceptors (Lipinski definition) is 4. The van der Waals surface area contributed by atoms with Crippen LogP contribution in [-0.2, 0) is 0 Å². The lowest BCUT2D eigenvalue weighted by atomic mass is 10.1. The molecule has 3 nitrogen and oxygen atoms in total. The zero-order chi connectivity index (χ0) is 12.3. The van der Waals surface area contributed by atoms with Crippen molar-refractivity contribution in [1.29, 1.82) is 0 Å². The molecular formula is C13H18N2OS. The van der Waals surface area contributed by atoms with Crippen molar-refractivity contribution in [3.05, 3.63) is 24.3 Å². The Labute approximate surface area is 107 Å². The molecule has 2 rings (SSSR count). The Kier molecular flexibility index (Phi) is 3.94. The van der Waals surface area contributed by atoms with Gasteiger partial charge in [-0.2, -0.15) is 0 Å². The van der Waals surface area contributed by atoms with E-state index in [9.17, 15) is 0 Å². The molecule has 0 radical (unpaired) electrons. The van der Waals surface area contributed by atoms with Gasteiger partial charge in [-0.25, -0.2) is 0 Å². The van der Waals surface area contributed by atoms with E-state index in [-0.39, 0.29) is 0 Å². The quantitative estimate of drug-likeness (QED) is 0.875. The Morgan fingerprint density at radius 3 is 2.82 bits per heavy atom. The molecule has 0 bridgehead atoms. The number of aliphatic imine (C=N–C) groups is 1. The zero-order valence-corrected chi connectivity index (χ0v) is 11.3. The Morgan fingerprint density at radius 1 is 1.35 bits per heavy atom. The summed E-state index contributed by atoms with van der Waals surface area (Å²) in [7, 11) is 1.68. The van der Waals surface area contributed by atoms with E-state index in [1.165, 1.54) is 0 Å². The van der Waals surface area contributed by atoms with Crippen LogP contribution in [0.2, 0.25) is 0 Å². The van der Waals surface area contributed by atoms with Gasteiger partial charge in [-0.15, -0.1) is 0 Å². The number of nitrogens with one attached hydrogen (secondary N) is 1. The molecule has 1 aromatic carbocycles. The molecule has 0 spiro atoms. The summed E-state index contributed by atoms with van der Waals surface area (Å²) < 4.78 is 5.31. The molecule has 17 heavy (non-hydrogen) atoms. The van der Waals surface area contributed by atoms with E-state index >= 15 is 0 Å². The molecule has 0 saturated heterocycles. The maximum atomic E-state index is 5.31. The van der Waals surface area contributed by atoms with Gasteiger partial charge < -0.3 is 10.1 Å². The van der Waals surface area contributed by atoms with Crippen LogP contribution in [0.5, 0.6) is 5.75 Å². The maximum absolute atomic E-state index is 5.31. The smallest absolute Gasteiger partial charge is 0.161 e. The van der Waals surface area contributed by atoms with Crippen LogP contribution in [-0.4, -0.2) is 24.1 Å². The molecule has 2 unspecified atom stereocenters. The number of para-hydroxylation sites is 2. The average Bonchev–Trinajstić information content (AvgIpc) is 2.34. The van der Waals surface area contributed by atoms with Gasteiger partial charge in [0, 0.05) is 5.75 Å². The number of amidine groups is 1. The number of benzene rings is 1. The van der Waals surface area contributed by atoms with E-state index < -0.39 is 0 Å². The fourth-order valence-electron chi connectivity index (χ4n) is 1.63. The van der Waals surface area contributed by atoms with Crippen LogP contribution in [0.15, 0.2) is 29.3 Å². The van der Waals surface area contributed by atoms with Crippen LogP contribution in [0.4, 0.5) is 5.69 Å². The van der Waals surface area contributed by atoms with Gasteiger partial charge in [-0.1, -0.05) is 30.8 Å². The van der Waals surface area contributed by atoms with Crippen LogP contribution in [0.25, 0.3) is 0 Å². The molecule has 2 atom stereocenters. The number of methoxy groups -OCH3 is 1. The van der Waals surface area contributed by atoms with Crippen molar-refractivity contribution >= 4 is 22.6 Å². The first-order valence-electron chi connectivity index (χ1n) is 5.81. The largest absolute Gasteiger partial charge is 0.495 e. The Bertz CT molecular complexity index is 420. The molecule has 0 aliphatic carbocycles. The second-order valence-electron chi connectivity index (χ2n) is 4.29. The number of ether oxygens (including phenoxy) is 1. The first-order chi connectivity index (χ1) is 8.20. The molecule has 1 N–H and O–H groups in total. The fourth-order valence-corrected chi connectivity index (χ4v) is 2.75. The van der Waals surface area contributed by atoms with Crippen molar-refractivity contribution in [2.24, 2.45) is 10.9 Å². The first kappa shape index (κ1) is 12.3. The lowest BCUT2D eigenvalue weighted by Gasteiger charge is -2.24. The molecule has 0 amide bonds. The monoisotopic (exact) mass is 250 g/mol. The predicted molar refractivity (Wildman–Crippen MR) is 75.1 cm³/mol. The van der Waals surface area contributed by atoms with Gasteiger partial charge in [0.1, 0.15) is 5.75 Å². The summed E-state index contributed by atoms with van der Waals surface area (Å²) in [5.74, 6) is 2.60. The minimum absolute atomic E-state index is 0.383. The minimum Gasteiger partial charge on any atom is -0.495 e. The first-order valence-corrected chi connectivity index (χ1v) is 6.80.